The first-order chi connectivity index (χ1) is 12.9. The van der Waals surface area contributed by atoms with Gasteiger partial charge in [-0.1, -0.05) is 63.0 Å². The van der Waals surface area contributed by atoms with Gasteiger partial charge in [0.05, 0.1) is 16.6 Å². The number of rotatable bonds is 6. The molecule has 0 aliphatic carbocycles. The summed E-state index contributed by atoms with van der Waals surface area (Å²) in [5.41, 5.74) is 1.64. The Morgan fingerprint density at radius 2 is 1.89 bits per heavy atom. The zero-order valence-corrected chi connectivity index (χ0v) is 18.2. The van der Waals surface area contributed by atoms with Crippen molar-refractivity contribution in [2.24, 2.45) is 7.05 Å². The van der Waals surface area contributed by atoms with Crippen LogP contribution >= 0.6 is 50.9 Å². The lowest BCUT2D eigenvalue weighted by Gasteiger charge is -2.07. The van der Waals surface area contributed by atoms with Gasteiger partial charge >= 0.3 is 0 Å². The van der Waals surface area contributed by atoms with Gasteiger partial charge in [0.15, 0.2) is 11.0 Å². The number of hydrogen-bond donors (Lipinski definition) is 1. The van der Waals surface area contributed by atoms with Crippen LogP contribution in [0.5, 0.6) is 0 Å². The van der Waals surface area contributed by atoms with Gasteiger partial charge in [0.2, 0.25) is 0 Å². The van der Waals surface area contributed by atoms with Gasteiger partial charge in [-0.15, -0.1) is 10.2 Å². The highest BCUT2D eigenvalue weighted by Crippen LogP contribution is 2.23. The fraction of sp³-hybridized carbons (Fsp3) is 0.167. The average Bonchev–Trinajstić information content (AvgIpc) is 3.01. The zero-order valence-electron chi connectivity index (χ0n) is 14.2. The molecule has 1 N–H and O–H groups in total. The zero-order chi connectivity index (χ0) is 19.4. The Morgan fingerprint density at radius 3 is 2.59 bits per heavy atom. The predicted molar refractivity (Wildman–Crippen MR) is 112 cm³/mol. The van der Waals surface area contributed by atoms with Gasteiger partial charge in [0.25, 0.3) is 5.91 Å². The molecule has 9 heteroatoms. The van der Waals surface area contributed by atoms with Crippen molar-refractivity contribution >= 4 is 56.8 Å². The van der Waals surface area contributed by atoms with E-state index in [2.05, 4.69) is 43.6 Å². The van der Waals surface area contributed by atoms with E-state index in [0.717, 1.165) is 15.4 Å². The van der Waals surface area contributed by atoms with Crippen molar-refractivity contribution in [3.05, 3.63) is 73.9 Å². The monoisotopic (exact) mass is 484 g/mol. The van der Waals surface area contributed by atoms with Gasteiger partial charge in [0, 0.05) is 22.8 Å². The maximum absolute atomic E-state index is 12.3. The number of hydrogen-bond acceptors (Lipinski definition) is 4. The lowest BCUT2D eigenvalue weighted by molar-refractivity contribution is 0.0949. The van der Waals surface area contributed by atoms with E-state index in [4.69, 9.17) is 23.2 Å². The lowest BCUT2D eigenvalue weighted by atomic mass is 10.2. The molecule has 0 aliphatic heterocycles. The molecule has 1 amide bonds. The van der Waals surface area contributed by atoms with E-state index < -0.39 is 0 Å². The maximum atomic E-state index is 12.3. The lowest BCUT2D eigenvalue weighted by Crippen LogP contribution is -2.24. The number of carbonyl (C=O) groups is 1. The molecular formula is C18H15BrCl2N4OS. The molecule has 0 saturated carbocycles. The molecule has 2 aromatic carbocycles. The van der Waals surface area contributed by atoms with Crippen molar-refractivity contribution in [2.75, 3.05) is 0 Å². The molecule has 5 nitrogen and oxygen atoms in total. The summed E-state index contributed by atoms with van der Waals surface area (Å²) in [6.45, 7) is 0.265. The summed E-state index contributed by atoms with van der Waals surface area (Å²) in [5.74, 6) is 1.21. The molecular weight excluding hydrogens is 471 g/mol. The number of nitrogens with one attached hydrogen (secondary N) is 1. The fourth-order valence-corrected chi connectivity index (χ4v) is 3.70. The van der Waals surface area contributed by atoms with Crippen LogP contribution < -0.4 is 5.32 Å². The van der Waals surface area contributed by atoms with Gasteiger partial charge in [-0.2, -0.15) is 0 Å². The number of aromatic nitrogens is 3. The van der Waals surface area contributed by atoms with Crippen LogP contribution in [0, 0.1) is 0 Å². The molecule has 1 heterocycles. The Morgan fingerprint density at radius 1 is 1.15 bits per heavy atom. The minimum atomic E-state index is -0.249. The smallest absolute Gasteiger partial charge is 0.251 e. The number of amides is 1. The molecule has 3 aromatic rings. The molecule has 140 valence electrons. The summed E-state index contributed by atoms with van der Waals surface area (Å²) in [6.07, 6.45) is 0. The third kappa shape index (κ3) is 5.25. The minimum absolute atomic E-state index is 0.249. The number of halogens is 3. The van der Waals surface area contributed by atoms with E-state index in [1.165, 1.54) is 11.6 Å². The Bertz CT molecular complexity index is 962. The Balaban J connectivity index is 1.59. The van der Waals surface area contributed by atoms with Gasteiger partial charge < -0.3 is 9.88 Å². The van der Waals surface area contributed by atoms with Gasteiger partial charge in [0.1, 0.15) is 0 Å². The summed E-state index contributed by atoms with van der Waals surface area (Å²) in [6, 6.07) is 12.9. The third-order valence-corrected chi connectivity index (χ3v) is 6.15. The normalized spacial score (nSPS) is 10.8. The molecule has 27 heavy (non-hydrogen) atoms. The van der Waals surface area contributed by atoms with Crippen LogP contribution in [0.1, 0.15) is 21.7 Å². The summed E-state index contributed by atoms with van der Waals surface area (Å²) in [5, 5.41) is 12.7. The Labute approximate surface area is 179 Å². The molecule has 0 aliphatic rings. The Hall–Kier alpha value is -1.54. The topological polar surface area (TPSA) is 59.8 Å². The van der Waals surface area contributed by atoms with Crippen molar-refractivity contribution in [3.63, 3.8) is 0 Å². The Kier molecular flexibility index (Phi) is 6.81. The molecule has 0 fully saturated rings. The molecule has 0 radical (unpaired) electrons. The van der Waals surface area contributed by atoms with Crippen LogP contribution in [0.4, 0.5) is 0 Å². The van der Waals surface area contributed by atoms with Crippen LogP contribution in [-0.2, 0) is 19.3 Å². The van der Waals surface area contributed by atoms with E-state index in [-0.39, 0.29) is 12.5 Å². The SMILES string of the molecule is Cn1c(CNC(=O)c2ccc(Cl)c(Cl)c2)nnc1SCc1ccc(Br)cc1. The molecule has 0 saturated heterocycles. The van der Waals surface area contributed by atoms with E-state index in [1.807, 2.05) is 23.7 Å². The van der Waals surface area contributed by atoms with Crippen LogP contribution in [0.15, 0.2) is 52.1 Å². The van der Waals surface area contributed by atoms with Crippen molar-refractivity contribution in [2.45, 2.75) is 17.5 Å². The second-order valence-corrected chi connectivity index (χ2v) is 8.36. The van der Waals surface area contributed by atoms with Crippen LogP contribution in [0.3, 0.4) is 0 Å². The number of thioether (sulfide) groups is 1. The number of nitrogens with zero attached hydrogens (tertiary/aromatic N) is 3. The molecule has 0 atom stereocenters. The number of benzene rings is 2. The summed E-state index contributed by atoms with van der Waals surface area (Å²) in [7, 11) is 1.88. The molecule has 0 bridgehead atoms. The first kappa shape index (κ1) is 20.2. The second-order valence-electron chi connectivity index (χ2n) is 5.68. The van der Waals surface area contributed by atoms with Crippen molar-refractivity contribution < 1.29 is 4.79 Å². The van der Waals surface area contributed by atoms with Crippen molar-refractivity contribution in [1.29, 1.82) is 0 Å². The standard InChI is InChI=1S/C18H15BrCl2N4OS/c1-25-16(9-22-17(26)12-4-7-14(20)15(21)8-12)23-24-18(25)27-10-11-2-5-13(19)6-3-11/h2-8H,9-10H2,1H3,(H,22,26). The van der Waals surface area contributed by atoms with Crippen molar-refractivity contribution in [1.82, 2.24) is 20.1 Å². The minimum Gasteiger partial charge on any atom is -0.345 e. The number of carbonyl (C=O) groups excluding carboxylic acids is 1. The van der Waals surface area contributed by atoms with Crippen molar-refractivity contribution in [3.8, 4) is 0 Å². The van der Waals surface area contributed by atoms with Crippen LogP contribution in [0.2, 0.25) is 10.0 Å². The van der Waals surface area contributed by atoms with Gasteiger partial charge in [-0.3, -0.25) is 4.79 Å². The van der Waals surface area contributed by atoms with E-state index >= 15 is 0 Å². The van der Waals surface area contributed by atoms with Gasteiger partial charge in [-0.05, 0) is 35.9 Å². The second kappa shape index (κ2) is 9.10. The molecule has 0 spiro atoms. The maximum Gasteiger partial charge on any atom is 0.251 e. The predicted octanol–water partition coefficient (Wildman–Crippen LogP) is 5.11. The summed E-state index contributed by atoms with van der Waals surface area (Å²) >= 11 is 16.8. The van der Waals surface area contributed by atoms with E-state index in [9.17, 15) is 4.79 Å². The molecule has 0 unspecified atom stereocenters. The van der Waals surface area contributed by atoms with E-state index in [1.54, 1.807) is 23.9 Å². The van der Waals surface area contributed by atoms with Crippen LogP contribution in [0.25, 0.3) is 0 Å². The molecule has 3 rings (SSSR count). The highest BCUT2D eigenvalue weighted by Gasteiger charge is 2.12. The quantitative estimate of drug-likeness (QED) is 0.493. The highest BCUT2D eigenvalue weighted by molar-refractivity contribution is 9.10. The first-order valence-electron chi connectivity index (χ1n) is 7.93. The first-order valence-corrected chi connectivity index (χ1v) is 10.5. The average molecular weight is 486 g/mol. The third-order valence-electron chi connectivity index (χ3n) is 3.80. The van der Waals surface area contributed by atoms with E-state index in [0.29, 0.717) is 21.4 Å². The summed E-state index contributed by atoms with van der Waals surface area (Å²) in [4.78, 5) is 12.3. The fourth-order valence-electron chi connectivity index (χ4n) is 2.25. The molecule has 1 aromatic heterocycles. The largest absolute Gasteiger partial charge is 0.345 e. The summed E-state index contributed by atoms with van der Waals surface area (Å²) < 4.78 is 2.92. The van der Waals surface area contributed by atoms with Gasteiger partial charge in [-0.25, -0.2) is 0 Å². The van der Waals surface area contributed by atoms with Crippen LogP contribution in [-0.4, -0.2) is 20.7 Å². The highest BCUT2D eigenvalue weighted by atomic mass is 79.9.